The first-order valence-corrected chi connectivity index (χ1v) is 14.9. The summed E-state index contributed by atoms with van der Waals surface area (Å²) in [7, 11) is 4.21. The first-order chi connectivity index (χ1) is 21.8. The Morgan fingerprint density at radius 1 is 1.07 bits per heavy atom. The van der Waals surface area contributed by atoms with Gasteiger partial charge in [-0.15, -0.1) is 0 Å². The van der Waals surface area contributed by atoms with Crippen LogP contribution < -0.4 is 11.1 Å². The van der Waals surface area contributed by atoms with Crippen LogP contribution in [0.25, 0.3) is 5.57 Å². The number of methoxy groups -OCH3 is 3. The van der Waals surface area contributed by atoms with E-state index in [4.69, 9.17) is 24.7 Å². The van der Waals surface area contributed by atoms with Crippen molar-refractivity contribution in [1.29, 1.82) is 0 Å². The third-order valence-corrected chi connectivity index (χ3v) is 8.03. The summed E-state index contributed by atoms with van der Waals surface area (Å²) in [6.45, 7) is 6.92. The second-order valence-electron chi connectivity index (χ2n) is 11.5. The number of rotatable bonds is 5. The predicted octanol–water partition coefficient (Wildman–Crippen LogP) is 3.33. The van der Waals surface area contributed by atoms with Gasteiger partial charge < -0.3 is 35.1 Å². The molecule has 4 N–H and O–H groups in total. The Kier molecular flexibility index (Phi) is 12.7. The van der Waals surface area contributed by atoms with Gasteiger partial charge in [0.1, 0.15) is 11.8 Å². The van der Waals surface area contributed by atoms with E-state index in [-0.39, 0.29) is 46.2 Å². The summed E-state index contributed by atoms with van der Waals surface area (Å²) in [5, 5.41) is 14.0. The van der Waals surface area contributed by atoms with Crippen LogP contribution in [0.3, 0.4) is 0 Å². The molecular formula is C34H43N3O9. The van der Waals surface area contributed by atoms with E-state index in [0.29, 0.717) is 12.0 Å². The molecule has 0 saturated heterocycles. The molecule has 46 heavy (non-hydrogen) atoms. The normalized spacial score (nSPS) is 30.1. The van der Waals surface area contributed by atoms with Crippen molar-refractivity contribution in [3.8, 4) is 0 Å². The number of nitrogens with zero attached hydrogens (tertiary/aromatic N) is 1. The maximum atomic E-state index is 14.1. The van der Waals surface area contributed by atoms with Crippen LogP contribution in [-0.4, -0.2) is 79.4 Å². The quantitative estimate of drug-likeness (QED) is 0.321. The lowest BCUT2D eigenvalue weighted by Crippen LogP contribution is -2.37. The minimum atomic E-state index is -1.01. The average molecular weight is 638 g/mol. The van der Waals surface area contributed by atoms with E-state index in [1.165, 1.54) is 40.5 Å². The Morgan fingerprint density at radius 2 is 1.78 bits per heavy atom. The Bertz CT molecular complexity index is 1480. The molecule has 0 unspecified atom stereocenters. The van der Waals surface area contributed by atoms with E-state index in [0.717, 1.165) is 0 Å². The summed E-state index contributed by atoms with van der Waals surface area (Å²) in [5.41, 5.74) is 6.13. The van der Waals surface area contributed by atoms with Gasteiger partial charge in [0, 0.05) is 37.5 Å². The van der Waals surface area contributed by atoms with Crippen LogP contribution in [0.2, 0.25) is 0 Å². The zero-order chi connectivity index (χ0) is 34.1. The fraction of sp³-hybridized carbons (Fsp3) is 0.441. The number of carbonyl (C=O) groups is 4. The van der Waals surface area contributed by atoms with Crippen LogP contribution in [0.1, 0.15) is 46.2 Å². The first kappa shape index (κ1) is 36.1. The Hall–Kier alpha value is -4.39. The topological polar surface area (TPSA) is 176 Å². The summed E-state index contributed by atoms with van der Waals surface area (Å²) in [6, 6.07) is 4.90. The Labute approximate surface area is 269 Å². The van der Waals surface area contributed by atoms with Gasteiger partial charge in [-0.1, -0.05) is 44.2 Å². The molecule has 0 aromatic carbocycles. The second kappa shape index (κ2) is 16.3. The summed E-state index contributed by atoms with van der Waals surface area (Å²) in [5.74, 6) is -2.68. The van der Waals surface area contributed by atoms with Crippen LogP contribution in [0.4, 0.5) is 4.79 Å². The zero-order valence-corrected chi connectivity index (χ0v) is 27.2. The van der Waals surface area contributed by atoms with Crippen LogP contribution >= 0.6 is 0 Å². The number of carbonyl (C=O) groups excluding carboxylic acids is 4. The molecule has 2 amide bonds. The number of nitrogens with one attached hydrogen (secondary N) is 1. The van der Waals surface area contributed by atoms with Crippen molar-refractivity contribution in [2.45, 2.75) is 65.0 Å². The summed E-state index contributed by atoms with van der Waals surface area (Å²) in [4.78, 5) is 57.4. The van der Waals surface area contributed by atoms with Crippen LogP contribution in [0.5, 0.6) is 0 Å². The molecule has 2 bridgehead atoms. The number of ketones is 2. The van der Waals surface area contributed by atoms with Crippen molar-refractivity contribution < 1.29 is 43.2 Å². The number of nitrogens with two attached hydrogens (primary N) is 1. The number of pyridine rings is 1. The minimum absolute atomic E-state index is 0.0899. The number of primary amides is 1. The molecular weight excluding hydrogens is 594 g/mol. The molecule has 0 spiro atoms. The van der Waals surface area contributed by atoms with Crippen LogP contribution in [-0.2, 0) is 33.3 Å². The zero-order valence-electron chi connectivity index (χ0n) is 27.2. The van der Waals surface area contributed by atoms with Crippen molar-refractivity contribution in [3.05, 3.63) is 82.6 Å². The van der Waals surface area contributed by atoms with E-state index in [1.54, 1.807) is 50.3 Å². The standard InChI is InChI=1S/C34H43N3O9/c1-18-15-22-29(39)27(26(30(40)32(22)45-7)23-12-8-9-14-36-23)37-33(41)19(2)11-10-13-24(43-5)31(46-34(35)42)21(4)17-20(3)28(38)25(16-18)44-6/h8-14,17-18,20,24-25,28,31,38H,15-16H2,1-7H3,(H2,35,42)(H,37,41)/b13-10-,19-11+,21-17+/t18-,20+,24-,25+,28-,31+/m1/s1. The van der Waals surface area contributed by atoms with E-state index < -0.39 is 53.9 Å². The number of allylic oxidation sites excluding steroid dienone is 4. The molecule has 0 saturated carbocycles. The van der Waals surface area contributed by atoms with Gasteiger partial charge in [0.05, 0.1) is 30.6 Å². The molecule has 1 aromatic heterocycles. The van der Waals surface area contributed by atoms with Crippen LogP contribution in [0, 0.1) is 11.8 Å². The van der Waals surface area contributed by atoms with Gasteiger partial charge in [0.2, 0.25) is 11.6 Å². The molecule has 3 rings (SSSR count). The summed E-state index contributed by atoms with van der Waals surface area (Å²) >= 11 is 0. The Morgan fingerprint density at radius 3 is 2.37 bits per heavy atom. The van der Waals surface area contributed by atoms with Gasteiger partial charge >= 0.3 is 6.09 Å². The number of fused-ring (bicyclic) bond motifs is 2. The van der Waals surface area contributed by atoms with Gasteiger partial charge in [0.25, 0.3) is 5.91 Å². The van der Waals surface area contributed by atoms with E-state index in [1.807, 2.05) is 6.92 Å². The number of hydrogen-bond donors (Lipinski definition) is 3. The number of amides is 2. The minimum Gasteiger partial charge on any atom is -0.492 e. The number of aliphatic hydroxyl groups excluding tert-OH is 1. The highest BCUT2D eigenvalue weighted by Crippen LogP contribution is 2.34. The van der Waals surface area contributed by atoms with Gasteiger partial charge in [-0.25, -0.2) is 4.79 Å². The van der Waals surface area contributed by atoms with Gasteiger partial charge in [0.15, 0.2) is 11.9 Å². The number of aromatic nitrogens is 1. The highest BCUT2D eigenvalue weighted by molar-refractivity contribution is 6.39. The van der Waals surface area contributed by atoms with Gasteiger partial charge in [-0.05, 0) is 50.3 Å². The lowest BCUT2D eigenvalue weighted by atomic mass is 9.83. The Balaban J connectivity index is 2.20. The van der Waals surface area contributed by atoms with Crippen molar-refractivity contribution >= 4 is 29.1 Å². The van der Waals surface area contributed by atoms with Gasteiger partial charge in [-0.3, -0.25) is 19.4 Å². The monoisotopic (exact) mass is 637 g/mol. The van der Waals surface area contributed by atoms with Crippen molar-refractivity contribution in [3.63, 3.8) is 0 Å². The summed E-state index contributed by atoms with van der Waals surface area (Å²) < 4.78 is 22.1. The van der Waals surface area contributed by atoms with E-state index >= 15 is 0 Å². The number of Topliss-reactive ketones (excluding diaryl/α,β-unsaturated/α-hetero) is 2. The molecule has 1 aliphatic carbocycles. The number of aliphatic hydroxyl groups is 1. The maximum Gasteiger partial charge on any atom is 0.405 e. The first-order valence-electron chi connectivity index (χ1n) is 14.9. The molecule has 0 fully saturated rings. The fourth-order valence-electron chi connectivity index (χ4n) is 5.60. The largest absolute Gasteiger partial charge is 0.492 e. The van der Waals surface area contributed by atoms with E-state index in [9.17, 15) is 24.3 Å². The highest BCUT2D eigenvalue weighted by atomic mass is 16.6. The number of hydrogen-bond acceptors (Lipinski definition) is 10. The molecule has 6 atom stereocenters. The second-order valence-corrected chi connectivity index (χ2v) is 11.5. The summed E-state index contributed by atoms with van der Waals surface area (Å²) in [6.07, 6.45) is 3.82. The van der Waals surface area contributed by atoms with E-state index in [2.05, 4.69) is 10.3 Å². The molecule has 12 nitrogen and oxygen atoms in total. The molecule has 0 radical (unpaired) electrons. The third kappa shape index (κ3) is 8.45. The van der Waals surface area contributed by atoms with Crippen molar-refractivity contribution in [2.24, 2.45) is 17.6 Å². The lowest BCUT2D eigenvalue weighted by molar-refractivity contribution is -0.120. The lowest BCUT2D eigenvalue weighted by Gasteiger charge is -2.30. The molecule has 2 heterocycles. The highest BCUT2D eigenvalue weighted by Gasteiger charge is 2.39. The van der Waals surface area contributed by atoms with Crippen molar-refractivity contribution in [2.75, 3.05) is 21.3 Å². The fourth-order valence-corrected chi connectivity index (χ4v) is 5.60. The molecule has 2 aliphatic rings. The third-order valence-electron chi connectivity index (χ3n) is 8.03. The average Bonchev–Trinajstić information content (AvgIpc) is 3.02. The van der Waals surface area contributed by atoms with Crippen LogP contribution in [0.15, 0.2) is 76.9 Å². The number of ether oxygens (including phenoxy) is 4. The molecule has 1 aliphatic heterocycles. The molecule has 1 aromatic rings. The SMILES string of the molecule is COC1=C2C[C@@H](C)C[C@H](OC)[C@H](O)[C@@H](C)/C=C(\C)[C@H](OC(N)=O)[C@H](OC)/C=C\C=C(/C)C(=O)NC(=C(c3ccccn3)C1=O)C2=O. The smallest absolute Gasteiger partial charge is 0.405 e. The predicted molar refractivity (Wildman–Crippen MR) is 170 cm³/mol. The maximum absolute atomic E-state index is 14.1. The van der Waals surface area contributed by atoms with Gasteiger partial charge in [-0.2, -0.15) is 0 Å². The van der Waals surface area contributed by atoms with Crippen molar-refractivity contribution in [1.82, 2.24) is 10.3 Å². The molecule has 12 heteroatoms. The molecule has 248 valence electrons.